The van der Waals surface area contributed by atoms with Crippen LogP contribution in [0.4, 0.5) is 6.01 Å². The van der Waals surface area contributed by atoms with E-state index in [0.29, 0.717) is 12.6 Å². The first-order chi connectivity index (χ1) is 7.86. The van der Waals surface area contributed by atoms with Gasteiger partial charge in [-0.1, -0.05) is 24.3 Å². The highest BCUT2D eigenvalue weighted by Crippen LogP contribution is 2.27. The summed E-state index contributed by atoms with van der Waals surface area (Å²) in [6.07, 6.45) is 1.62. The molecule has 0 spiro atoms. The molecule has 1 aliphatic rings. The molecule has 16 heavy (non-hydrogen) atoms. The fraction of sp³-hybridized carbons (Fsp3) is 0.250. The number of oxazole rings is 1. The first-order valence-corrected chi connectivity index (χ1v) is 5.33. The SMILES string of the molecule is NCc1coc(N2Cc3ccccc3C2)n1. The molecular formula is C12H13N3O. The lowest BCUT2D eigenvalue weighted by Gasteiger charge is -2.10. The molecule has 0 bridgehead atoms. The van der Waals surface area contributed by atoms with E-state index in [-0.39, 0.29) is 0 Å². The molecule has 82 valence electrons. The highest BCUT2D eigenvalue weighted by atomic mass is 16.4. The van der Waals surface area contributed by atoms with Gasteiger partial charge in [-0.25, -0.2) is 0 Å². The van der Waals surface area contributed by atoms with Gasteiger partial charge in [0.2, 0.25) is 0 Å². The average Bonchev–Trinajstić information content (AvgIpc) is 2.95. The van der Waals surface area contributed by atoms with Gasteiger partial charge in [-0.15, -0.1) is 0 Å². The number of nitrogens with two attached hydrogens (primary N) is 1. The Balaban J connectivity index is 1.85. The quantitative estimate of drug-likeness (QED) is 0.827. The zero-order valence-electron chi connectivity index (χ0n) is 8.89. The van der Waals surface area contributed by atoms with Crippen molar-refractivity contribution in [3.8, 4) is 0 Å². The van der Waals surface area contributed by atoms with Gasteiger partial charge >= 0.3 is 0 Å². The maximum Gasteiger partial charge on any atom is 0.298 e. The highest BCUT2D eigenvalue weighted by molar-refractivity contribution is 5.42. The van der Waals surface area contributed by atoms with Gasteiger partial charge in [-0.2, -0.15) is 4.98 Å². The Bertz CT molecular complexity index is 481. The minimum absolute atomic E-state index is 0.421. The maximum atomic E-state index is 5.50. The standard InChI is InChI=1S/C12H13N3O/c13-5-11-8-16-12(14-11)15-6-9-3-1-2-4-10(9)7-15/h1-4,8H,5-7,13H2. The van der Waals surface area contributed by atoms with Crippen molar-refractivity contribution in [2.45, 2.75) is 19.6 Å². The van der Waals surface area contributed by atoms with E-state index in [1.807, 2.05) is 0 Å². The molecule has 4 nitrogen and oxygen atoms in total. The average molecular weight is 215 g/mol. The maximum absolute atomic E-state index is 5.50. The Morgan fingerprint density at radius 1 is 1.25 bits per heavy atom. The predicted octanol–water partition coefficient (Wildman–Crippen LogP) is 1.65. The zero-order valence-corrected chi connectivity index (χ0v) is 8.89. The second kappa shape index (κ2) is 3.64. The summed E-state index contributed by atoms with van der Waals surface area (Å²) in [5, 5.41) is 0. The van der Waals surface area contributed by atoms with Crippen molar-refractivity contribution in [3.63, 3.8) is 0 Å². The number of nitrogens with zero attached hydrogens (tertiary/aromatic N) is 2. The molecule has 2 heterocycles. The minimum atomic E-state index is 0.421. The van der Waals surface area contributed by atoms with Gasteiger partial charge in [0, 0.05) is 19.6 Å². The summed E-state index contributed by atoms with van der Waals surface area (Å²) in [7, 11) is 0. The molecule has 0 atom stereocenters. The lowest BCUT2D eigenvalue weighted by Crippen LogP contribution is -2.14. The van der Waals surface area contributed by atoms with E-state index in [0.717, 1.165) is 18.8 Å². The molecular weight excluding hydrogens is 202 g/mol. The fourth-order valence-corrected chi connectivity index (χ4v) is 2.00. The number of hydrogen-bond acceptors (Lipinski definition) is 4. The molecule has 2 aromatic rings. The highest BCUT2D eigenvalue weighted by Gasteiger charge is 2.21. The van der Waals surface area contributed by atoms with Crippen molar-refractivity contribution >= 4 is 6.01 Å². The summed E-state index contributed by atoms with van der Waals surface area (Å²) >= 11 is 0. The third kappa shape index (κ3) is 1.47. The van der Waals surface area contributed by atoms with E-state index in [4.69, 9.17) is 10.2 Å². The van der Waals surface area contributed by atoms with Crippen molar-refractivity contribution < 1.29 is 4.42 Å². The van der Waals surface area contributed by atoms with Crippen LogP contribution in [0.25, 0.3) is 0 Å². The van der Waals surface area contributed by atoms with Crippen LogP contribution >= 0.6 is 0 Å². The number of hydrogen-bond donors (Lipinski definition) is 1. The Kier molecular flexibility index (Phi) is 2.15. The van der Waals surface area contributed by atoms with Crippen LogP contribution in [0.3, 0.4) is 0 Å². The van der Waals surface area contributed by atoms with Gasteiger partial charge in [0.05, 0.1) is 5.69 Å². The first kappa shape index (κ1) is 9.42. The fourth-order valence-electron chi connectivity index (χ4n) is 2.00. The largest absolute Gasteiger partial charge is 0.432 e. The van der Waals surface area contributed by atoms with Crippen LogP contribution in [-0.4, -0.2) is 4.98 Å². The molecule has 0 radical (unpaired) electrons. The Morgan fingerprint density at radius 3 is 2.50 bits per heavy atom. The van der Waals surface area contributed by atoms with Crippen LogP contribution in [0.2, 0.25) is 0 Å². The molecule has 0 saturated heterocycles. The van der Waals surface area contributed by atoms with Gasteiger partial charge in [0.25, 0.3) is 6.01 Å². The van der Waals surface area contributed by atoms with Crippen molar-refractivity contribution in [3.05, 3.63) is 47.3 Å². The van der Waals surface area contributed by atoms with E-state index in [9.17, 15) is 0 Å². The summed E-state index contributed by atoms with van der Waals surface area (Å²) in [5.41, 5.74) is 8.99. The Hall–Kier alpha value is -1.81. The van der Waals surface area contributed by atoms with Gasteiger partial charge in [0.1, 0.15) is 6.26 Å². The van der Waals surface area contributed by atoms with E-state index in [1.54, 1.807) is 6.26 Å². The van der Waals surface area contributed by atoms with Gasteiger partial charge < -0.3 is 15.1 Å². The molecule has 2 N–H and O–H groups in total. The lowest BCUT2D eigenvalue weighted by atomic mass is 10.1. The van der Waals surface area contributed by atoms with Crippen molar-refractivity contribution in [2.24, 2.45) is 5.73 Å². The Morgan fingerprint density at radius 2 is 1.94 bits per heavy atom. The molecule has 0 fully saturated rings. The topological polar surface area (TPSA) is 55.3 Å². The molecule has 0 aliphatic carbocycles. The minimum Gasteiger partial charge on any atom is -0.432 e. The molecule has 0 saturated carbocycles. The van der Waals surface area contributed by atoms with Gasteiger partial charge in [0.15, 0.2) is 0 Å². The van der Waals surface area contributed by atoms with Crippen LogP contribution in [0, 0.1) is 0 Å². The third-order valence-corrected chi connectivity index (χ3v) is 2.86. The Labute approximate surface area is 93.7 Å². The number of benzene rings is 1. The number of rotatable bonds is 2. The molecule has 3 rings (SSSR count). The number of anilines is 1. The predicted molar refractivity (Wildman–Crippen MR) is 60.7 cm³/mol. The van der Waals surface area contributed by atoms with Gasteiger partial charge in [-0.05, 0) is 11.1 Å². The van der Waals surface area contributed by atoms with Crippen LogP contribution in [-0.2, 0) is 19.6 Å². The van der Waals surface area contributed by atoms with Gasteiger partial charge in [-0.3, -0.25) is 0 Å². The monoisotopic (exact) mass is 215 g/mol. The molecule has 1 aromatic carbocycles. The van der Waals surface area contributed by atoms with Crippen molar-refractivity contribution in [1.29, 1.82) is 0 Å². The smallest absolute Gasteiger partial charge is 0.298 e. The molecule has 1 aliphatic heterocycles. The molecule has 0 unspecified atom stereocenters. The summed E-state index contributed by atoms with van der Waals surface area (Å²) in [6, 6.07) is 9.06. The summed E-state index contributed by atoms with van der Waals surface area (Å²) < 4.78 is 5.41. The van der Waals surface area contributed by atoms with E-state index >= 15 is 0 Å². The van der Waals surface area contributed by atoms with E-state index in [2.05, 4.69) is 34.1 Å². The summed E-state index contributed by atoms with van der Waals surface area (Å²) in [5.74, 6) is 0. The molecule has 4 heteroatoms. The zero-order chi connectivity index (χ0) is 11.0. The molecule has 1 aromatic heterocycles. The summed E-state index contributed by atoms with van der Waals surface area (Å²) in [6.45, 7) is 2.14. The third-order valence-electron chi connectivity index (χ3n) is 2.86. The van der Waals surface area contributed by atoms with Crippen molar-refractivity contribution in [2.75, 3.05) is 4.90 Å². The normalized spacial score (nSPS) is 14.2. The molecule has 0 amide bonds. The lowest BCUT2D eigenvalue weighted by molar-refractivity contribution is 0.537. The van der Waals surface area contributed by atoms with Crippen molar-refractivity contribution in [1.82, 2.24) is 4.98 Å². The van der Waals surface area contributed by atoms with Crippen LogP contribution < -0.4 is 10.6 Å². The second-order valence-corrected chi connectivity index (χ2v) is 3.95. The van der Waals surface area contributed by atoms with E-state index in [1.165, 1.54) is 11.1 Å². The summed E-state index contributed by atoms with van der Waals surface area (Å²) in [4.78, 5) is 6.44. The van der Waals surface area contributed by atoms with Crippen LogP contribution in [0.1, 0.15) is 16.8 Å². The van der Waals surface area contributed by atoms with Crippen LogP contribution in [0.15, 0.2) is 34.9 Å². The van der Waals surface area contributed by atoms with Crippen LogP contribution in [0.5, 0.6) is 0 Å². The number of fused-ring (bicyclic) bond motifs is 1. The van der Waals surface area contributed by atoms with E-state index < -0.39 is 0 Å². The first-order valence-electron chi connectivity index (χ1n) is 5.33. The number of aromatic nitrogens is 1. The second-order valence-electron chi connectivity index (χ2n) is 3.95.